The van der Waals surface area contributed by atoms with Crippen molar-refractivity contribution in [2.75, 3.05) is 11.9 Å². The van der Waals surface area contributed by atoms with Crippen LogP contribution in [-0.2, 0) is 11.3 Å². The van der Waals surface area contributed by atoms with Crippen molar-refractivity contribution in [1.82, 2.24) is 4.98 Å². The second kappa shape index (κ2) is 8.80. The largest absolute Gasteiger partial charge is 0.444 e. The Morgan fingerprint density at radius 3 is 2.57 bits per heavy atom. The molecule has 3 aromatic carbocycles. The fourth-order valence-corrected chi connectivity index (χ4v) is 3.57. The first-order valence-corrected chi connectivity index (χ1v) is 9.69. The zero-order valence-electron chi connectivity index (χ0n) is 16.3. The monoisotopic (exact) mass is 403 g/mol. The molecule has 0 saturated carbocycles. The van der Waals surface area contributed by atoms with E-state index in [4.69, 9.17) is 10.5 Å². The number of benzene rings is 3. The number of nitrogens with two attached hydrogens (primary N) is 1. The number of aromatic nitrogens is 1. The van der Waals surface area contributed by atoms with Gasteiger partial charge < -0.3 is 15.5 Å². The van der Waals surface area contributed by atoms with E-state index >= 15 is 0 Å². The fraction of sp³-hybridized carbons (Fsp3) is 0.125. The third-order valence-corrected chi connectivity index (χ3v) is 5.06. The lowest BCUT2D eigenvalue weighted by Gasteiger charge is -2.15. The molecular formula is C24H22FN3O2. The Kier molecular flexibility index (Phi) is 5.77. The van der Waals surface area contributed by atoms with Gasteiger partial charge in [0.25, 0.3) is 0 Å². The molecule has 0 spiro atoms. The molecule has 0 aliphatic carbocycles. The molecule has 4 aromatic rings. The molecule has 0 bridgehead atoms. The average molecular weight is 403 g/mol. The Morgan fingerprint density at radius 2 is 1.80 bits per heavy atom. The maximum Gasteiger partial charge on any atom is 0.411 e. The van der Waals surface area contributed by atoms with E-state index in [9.17, 15) is 9.18 Å². The van der Waals surface area contributed by atoms with E-state index in [0.717, 1.165) is 22.0 Å². The molecule has 0 aliphatic rings. The van der Waals surface area contributed by atoms with Gasteiger partial charge in [0.15, 0.2) is 0 Å². The Labute approximate surface area is 173 Å². The lowest BCUT2D eigenvalue weighted by atomic mass is 9.90. The van der Waals surface area contributed by atoms with E-state index in [1.807, 2.05) is 48.7 Å². The topological polar surface area (TPSA) is 80.1 Å². The fourth-order valence-electron chi connectivity index (χ4n) is 3.57. The number of carbonyl (C=O) groups is 1. The number of rotatable bonds is 6. The van der Waals surface area contributed by atoms with Gasteiger partial charge in [0.05, 0.1) is 0 Å². The maximum absolute atomic E-state index is 14.3. The van der Waals surface area contributed by atoms with Crippen molar-refractivity contribution >= 4 is 22.7 Å². The van der Waals surface area contributed by atoms with Crippen molar-refractivity contribution in [3.8, 4) is 0 Å². The second-order valence-corrected chi connectivity index (χ2v) is 7.00. The number of halogens is 1. The van der Waals surface area contributed by atoms with Crippen LogP contribution >= 0.6 is 0 Å². The number of anilines is 1. The summed E-state index contributed by atoms with van der Waals surface area (Å²) < 4.78 is 19.6. The molecule has 0 saturated heterocycles. The molecule has 30 heavy (non-hydrogen) atoms. The van der Waals surface area contributed by atoms with Gasteiger partial charge in [-0.25, -0.2) is 9.18 Å². The van der Waals surface area contributed by atoms with Gasteiger partial charge in [0, 0.05) is 35.2 Å². The van der Waals surface area contributed by atoms with Crippen molar-refractivity contribution in [3.63, 3.8) is 0 Å². The number of hydrogen-bond acceptors (Lipinski definition) is 3. The first-order chi connectivity index (χ1) is 14.7. The highest BCUT2D eigenvalue weighted by Gasteiger charge is 2.20. The number of hydrogen-bond donors (Lipinski definition) is 3. The van der Waals surface area contributed by atoms with E-state index in [0.29, 0.717) is 11.3 Å². The van der Waals surface area contributed by atoms with Crippen molar-refractivity contribution in [1.29, 1.82) is 0 Å². The molecule has 1 heterocycles. The molecule has 1 unspecified atom stereocenters. The molecule has 1 atom stereocenters. The van der Waals surface area contributed by atoms with Crippen LogP contribution in [0.3, 0.4) is 0 Å². The second-order valence-electron chi connectivity index (χ2n) is 7.00. The summed E-state index contributed by atoms with van der Waals surface area (Å²) in [4.78, 5) is 15.3. The predicted molar refractivity (Wildman–Crippen MR) is 116 cm³/mol. The maximum atomic E-state index is 14.3. The Bertz CT molecular complexity index is 1160. The standard InChI is InChI=1S/C24H22FN3O2/c25-22-9-5-4-8-18(22)20(13-26)21-14-27-23-12-17(10-11-19(21)23)28-24(29)30-15-16-6-2-1-3-7-16/h1-12,14,20,27H,13,15,26H2,(H,28,29). The van der Waals surface area contributed by atoms with E-state index in [-0.39, 0.29) is 24.9 Å². The van der Waals surface area contributed by atoms with E-state index in [1.54, 1.807) is 24.3 Å². The smallest absolute Gasteiger partial charge is 0.411 e. The summed E-state index contributed by atoms with van der Waals surface area (Å²) >= 11 is 0. The third kappa shape index (κ3) is 4.18. The number of amides is 1. The van der Waals surface area contributed by atoms with E-state index in [1.165, 1.54) is 6.07 Å². The number of carbonyl (C=O) groups excluding carboxylic acids is 1. The van der Waals surface area contributed by atoms with E-state index < -0.39 is 6.09 Å². The summed E-state index contributed by atoms with van der Waals surface area (Å²) in [6, 6.07) is 21.6. The van der Waals surface area contributed by atoms with Crippen LogP contribution in [0.4, 0.5) is 14.9 Å². The van der Waals surface area contributed by atoms with Crippen molar-refractivity contribution in [3.05, 3.63) is 102 Å². The van der Waals surface area contributed by atoms with Crippen LogP contribution in [0.5, 0.6) is 0 Å². The number of fused-ring (bicyclic) bond motifs is 1. The van der Waals surface area contributed by atoms with Crippen LogP contribution in [-0.4, -0.2) is 17.6 Å². The molecule has 6 heteroatoms. The van der Waals surface area contributed by atoms with E-state index in [2.05, 4.69) is 10.3 Å². The minimum Gasteiger partial charge on any atom is -0.444 e. The highest BCUT2D eigenvalue weighted by Crippen LogP contribution is 2.32. The zero-order valence-corrected chi connectivity index (χ0v) is 16.3. The van der Waals surface area contributed by atoms with Gasteiger partial charge in [0.1, 0.15) is 12.4 Å². The third-order valence-electron chi connectivity index (χ3n) is 5.06. The van der Waals surface area contributed by atoms with Crippen LogP contribution in [0.15, 0.2) is 79.0 Å². The summed E-state index contributed by atoms with van der Waals surface area (Å²) in [5, 5.41) is 3.66. The molecule has 4 rings (SSSR count). The molecule has 0 radical (unpaired) electrons. The van der Waals surface area contributed by atoms with Gasteiger partial charge in [-0.05, 0) is 34.9 Å². The molecule has 0 aliphatic heterocycles. The minimum atomic E-state index is -0.531. The molecule has 0 fully saturated rings. The molecule has 1 aromatic heterocycles. The van der Waals surface area contributed by atoms with Crippen LogP contribution in [0, 0.1) is 5.82 Å². The van der Waals surface area contributed by atoms with Crippen molar-refractivity contribution in [2.24, 2.45) is 5.73 Å². The van der Waals surface area contributed by atoms with Crippen LogP contribution in [0.25, 0.3) is 10.9 Å². The molecule has 1 amide bonds. The minimum absolute atomic E-state index is 0.197. The number of nitrogens with one attached hydrogen (secondary N) is 2. The number of H-pyrrole nitrogens is 1. The van der Waals surface area contributed by atoms with Gasteiger partial charge >= 0.3 is 6.09 Å². The Balaban J connectivity index is 1.50. The van der Waals surface area contributed by atoms with Crippen molar-refractivity contribution in [2.45, 2.75) is 12.5 Å². The highest BCUT2D eigenvalue weighted by atomic mass is 19.1. The lowest BCUT2D eigenvalue weighted by molar-refractivity contribution is 0.155. The van der Waals surface area contributed by atoms with Gasteiger partial charge in [-0.3, -0.25) is 5.32 Å². The normalized spacial score (nSPS) is 11.9. The molecule has 152 valence electrons. The summed E-state index contributed by atoms with van der Waals surface area (Å²) in [5.74, 6) is -0.545. The first kappa shape index (κ1) is 19.7. The van der Waals surface area contributed by atoms with Gasteiger partial charge in [-0.15, -0.1) is 0 Å². The number of ether oxygens (including phenoxy) is 1. The quantitative estimate of drug-likeness (QED) is 0.417. The summed E-state index contributed by atoms with van der Waals surface area (Å²) in [7, 11) is 0. The van der Waals surface area contributed by atoms with Crippen LogP contribution < -0.4 is 11.1 Å². The summed E-state index contributed by atoms with van der Waals surface area (Å²) in [6.45, 7) is 0.474. The van der Waals surface area contributed by atoms with Gasteiger partial charge in [-0.1, -0.05) is 54.6 Å². The van der Waals surface area contributed by atoms with Gasteiger partial charge in [-0.2, -0.15) is 0 Å². The molecular weight excluding hydrogens is 381 g/mol. The Morgan fingerprint density at radius 1 is 1.03 bits per heavy atom. The van der Waals surface area contributed by atoms with Crippen LogP contribution in [0.1, 0.15) is 22.6 Å². The zero-order chi connectivity index (χ0) is 20.9. The summed E-state index contributed by atoms with van der Waals surface area (Å²) in [5.41, 5.74) is 9.79. The van der Waals surface area contributed by atoms with Gasteiger partial charge in [0.2, 0.25) is 0 Å². The highest BCUT2D eigenvalue weighted by molar-refractivity contribution is 5.91. The molecule has 5 nitrogen and oxygen atoms in total. The van der Waals surface area contributed by atoms with Crippen molar-refractivity contribution < 1.29 is 13.9 Å². The first-order valence-electron chi connectivity index (χ1n) is 9.69. The molecule has 4 N–H and O–H groups in total. The van der Waals surface area contributed by atoms with Crippen LogP contribution in [0.2, 0.25) is 0 Å². The average Bonchev–Trinajstić information content (AvgIpc) is 3.18. The number of aromatic amines is 1. The summed E-state index contributed by atoms with van der Waals surface area (Å²) in [6.07, 6.45) is 1.31. The Hall–Kier alpha value is -3.64. The SMILES string of the molecule is NCC(c1ccccc1F)c1c[nH]c2cc(NC(=O)OCc3ccccc3)ccc12. The lowest BCUT2D eigenvalue weighted by Crippen LogP contribution is -2.15. The predicted octanol–water partition coefficient (Wildman–Crippen LogP) is 5.15.